The van der Waals surface area contributed by atoms with E-state index in [1.165, 1.54) is 5.56 Å². The Labute approximate surface area is 158 Å². The van der Waals surface area contributed by atoms with Crippen LogP contribution in [0.15, 0.2) is 53.6 Å². The van der Waals surface area contributed by atoms with Gasteiger partial charge in [-0.3, -0.25) is 9.59 Å². The Kier molecular flexibility index (Phi) is 5.86. The Hall–Kier alpha value is -3.15. The van der Waals surface area contributed by atoms with Gasteiger partial charge in [0.2, 0.25) is 11.8 Å². The molecule has 2 amide bonds. The molecule has 6 nitrogen and oxygen atoms in total. The quantitative estimate of drug-likeness (QED) is 0.632. The molecule has 0 radical (unpaired) electrons. The number of ether oxygens (including phenoxy) is 1. The summed E-state index contributed by atoms with van der Waals surface area (Å²) < 4.78 is 5.10. The van der Waals surface area contributed by atoms with Gasteiger partial charge in [0.25, 0.3) is 0 Å². The third-order valence-electron chi connectivity index (χ3n) is 4.66. The highest BCUT2D eigenvalue weighted by molar-refractivity contribution is 6.00. The molecule has 1 heterocycles. The summed E-state index contributed by atoms with van der Waals surface area (Å²) in [6.07, 6.45) is 2.71. The first kappa shape index (κ1) is 18.6. The van der Waals surface area contributed by atoms with Gasteiger partial charge < -0.3 is 9.64 Å². The molecule has 3 rings (SSSR count). The number of carbonyl (C=O) groups is 2. The maximum atomic E-state index is 12.3. The van der Waals surface area contributed by atoms with Crippen LogP contribution in [0.1, 0.15) is 24.5 Å². The van der Waals surface area contributed by atoms with Gasteiger partial charge in [-0.2, -0.15) is 5.10 Å². The Bertz CT molecular complexity index is 829. The third-order valence-corrected chi connectivity index (χ3v) is 4.66. The highest BCUT2D eigenvalue weighted by atomic mass is 16.5. The fraction of sp³-hybridized carbons (Fsp3) is 0.286. The van der Waals surface area contributed by atoms with Crippen LogP contribution in [0.2, 0.25) is 0 Å². The molecule has 6 heteroatoms. The number of hydrazone groups is 1. The van der Waals surface area contributed by atoms with Gasteiger partial charge in [-0.05, 0) is 53.9 Å². The van der Waals surface area contributed by atoms with Gasteiger partial charge in [0.05, 0.1) is 19.2 Å². The predicted molar refractivity (Wildman–Crippen MR) is 105 cm³/mol. The summed E-state index contributed by atoms with van der Waals surface area (Å²) in [6.45, 7) is 2.46. The first-order chi connectivity index (χ1) is 13.1. The van der Waals surface area contributed by atoms with Crippen LogP contribution >= 0.6 is 0 Å². The van der Waals surface area contributed by atoms with Crippen molar-refractivity contribution in [2.75, 3.05) is 18.6 Å². The van der Waals surface area contributed by atoms with Crippen LogP contribution in [-0.4, -0.2) is 31.7 Å². The molecular weight excluding hydrogens is 342 g/mol. The average Bonchev–Trinajstić information content (AvgIpc) is 3.10. The molecule has 1 saturated heterocycles. The molecule has 0 aromatic heterocycles. The summed E-state index contributed by atoms with van der Waals surface area (Å²) in [6, 6.07) is 15.2. The summed E-state index contributed by atoms with van der Waals surface area (Å²) >= 11 is 0. The molecule has 0 bridgehead atoms. The molecule has 2 aromatic rings. The molecule has 1 fully saturated rings. The monoisotopic (exact) mass is 365 g/mol. The van der Waals surface area contributed by atoms with Crippen LogP contribution in [0.5, 0.6) is 5.75 Å². The summed E-state index contributed by atoms with van der Waals surface area (Å²) in [4.78, 5) is 26.3. The summed E-state index contributed by atoms with van der Waals surface area (Å²) in [7, 11) is 1.60. The van der Waals surface area contributed by atoms with Gasteiger partial charge >= 0.3 is 0 Å². The number of nitrogens with one attached hydrogen (secondary N) is 1. The summed E-state index contributed by atoms with van der Waals surface area (Å²) in [5.74, 6) is 0.0587. The van der Waals surface area contributed by atoms with Crippen molar-refractivity contribution in [3.8, 4) is 5.75 Å². The number of aryl methyl sites for hydroxylation is 1. The molecule has 0 unspecified atom stereocenters. The van der Waals surface area contributed by atoms with Crippen molar-refractivity contribution in [3.05, 3.63) is 59.7 Å². The zero-order valence-corrected chi connectivity index (χ0v) is 15.5. The van der Waals surface area contributed by atoms with Crippen molar-refractivity contribution in [3.63, 3.8) is 0 Å². The van der Waals surface area contributed by atoms with Crippen LogP contribution < -0.4 is 15.1 Å². The van der Waals surface area contributed by atoms with Crippen LogP contribution in [-0.2, 0) is 16.0 Å². The van der Waals surface area contributed by atoms with Crippen molar-refractivity contribution in [2.24, 2.45) is 11.0 Å². The van der Waals surface area contributed by atoms with Crippen molar-refractivity contribution in [2.45, 2.75) is 19.8 Å². The van der Waals surface area contributed by atoms with E-state index in [1.807, 2.05) is 48.5 Å². The highest BCUT2D eigenvalue weighted by Crippen LogP contribution is 2.25. The van der Waals surface area contributed by atoms with Crippen LogP contribution in [0, 0.1) is 5.92 Å². The number of methoxy groups -OCH3 is 1. The number of carbonyl (C=O) groups excluding carboxylic acids is 2. The van der Waals surface area contributed by atoms with E-state index in [4.69, 9.17) is 4.74 Å². The maximum absolute atomic E-state index is 12.3. The summed E-state index contributed by atoms with van der Waals surface area (Å²) in [5, 5.41) is 3.99. The predicted octanol–water partition coefficient (Wildman–Crippen LogP) is 2.76. The molecule has 2 aromatic carbocycles. The molecule has 0 spiro atoms. The lowest BCUT2D eigenvalue weighted by atomic mass is 10.1. The van der Waals surface area contributed by atoms with E-state index in [0.29, 0.717) is 6.54 Å². The van der Waals surface area contributed by atoms with E-state index in [-0.39, 0.29) is 18.2 Å². The molecule has 1 atom stereocenters. The fourth-order valence-electron chi connectivity index (χ4n) is 3.00. The number of hydrogen-bond acceptors (Lipinski definition) is 4. The lowest BCUT2D eigenvalue weighted by Gasteiger charge is -2.16. The number of benzene rings is 2. The zero-order valence-electron chi connectivity index (χ0n) is 15.5. The lowest BCUT2D eigenvalue weighted by Crippen LogP contribution is -2.30. The van der Waals surface area contributed by atoms with E-state index >= 15 is 0 Å². The topological polar surface area (TPSA) is 71.0 Å². The molecule has 140 valence electrons. The molecule has 0 saturated carbocycles. The van der Waals surface area contributed by atoms with Gasteiger partial charge in [-0.25, -0.2) is 5.43 Å². The third kappa shape index (κ3) is 4.53. The second kappa shape index (κ2) is 8.49. The van der Waals surface area contributed by atoms with E-state index in [1.54, 1.807) is 18.2 Å². The second-order valence-electron chi connectivity index (χ2n) is 6.43. The van der Waals surface area contributed by atoms with Crippen LogP contribution in [0.3, 0.4) is 0 Å². The fourth-order valence-corrected chi connectivity index (χ4v) is 3.00. The van der Waals surface area contributed by atoms with E-state index in [2.05, 4.69) is 17.5 Å². The molecule has 1 aliphatic rings. The second-order valence-corrected chi connectivity index (χ2v) is 6.43. The minimum atomic E-state index is -0.406. The van der Waals surface area contributed by atoms with Crippen molar-refractivity contribution >= 4 is 23.7 Å². The smallest absolute Gasteiger partial charge is 0.245 e. The highest BCUT2D eigenvalue weighted by Gasteiger charge is 2.35. The van der Waals surface area contributed by atoms with Gasteiger partial charge in [0, 0.05) is 18.7 Å². The Morgan fingerprint density at radius 2 is 1.93 bits per heavy atom. The maximum Gasteiger partial charge on any atom is 0.245 e. The normalized spacial score (nSPS) is 16.7. The number of anilines is 1. The number of rotatable bonds is 6. The van der Waals surface area contributed by atoms with Gasteiger partial charge in [-0.1, -0.05) is 19.1 Å². The van der Waals surface area contributed by atoms with Crippen LogP contribution in [0.25, 0.3) is 0 Å². The standard InChI is InChI=1S/C21H23N3O3/c1-3-15-4-8-18(9-5-15)24-14-17(12-20(24)25)21(26)23-22-13-16-6-10-19(27-2)11-7-16/h4-11,13,17H,3,12,14H2,1-2H3,(H,23,26)/b22-13+/t17-/m0/s1. The lowest BCUT2D eigenvalue weighted by molar-refractivity contribution is -0.126. The average molecular weight is 365 g/mol. The molecule has 1 aliphatic heterocycles. The first-order valence-electron chi connectivity index (χ1n) is 8.97. The van der Waals surface area contributed by atoms with Crippen molar-refractivity contribution < 1.29 is 14.3 Å². The van der Waals surface area contributed by atoms with Crippen molar-refractivity contribution in [1.82, 2.24) is 5.43 Å². The largest absolute Gasteiger partial charge is 0.497 e. The molecule has 1 N–H and O–H groups in total. The van der Waals surface area contributed by atoms with E-state index < -0.39 is 5.92 Å². The van der Waals surface area contributed by atoms with Crippen LogP contribution in [0.4, 0.5) is 5.69 Å². The molecular formula is C21H23N3O3. The summed E-state index contributed by atoms with van der Waals surface area (Å²) in [5.41, 5.74) is 5.42. The number of amides is 2. The number of hydrogen-bond donors (Lipinski definition) is 1. The van der Waals surface area contributed by atoms with E-state index in [9.17, 15) is 9.59 Å². The van der Waals surface area contributed by atoms with E-state index in [0.717, 1.165) is 23.4 Å². The number of nitrogens with zero attached hydrogens (tertiary/aromatic N) is 2. The SMILES string of the molecule is CCc1ccc(N2C[C@@H](C(=O)N/N=C/c3ccc(OC)cc3)CC2=O)cc1. The Morgan fingerprint density at radius 3 is 2.56 bits per heavy atom. The minimum Gasteiger partial charge on any atom is -0.497 e. The Balaban J connectivity index is 1.57. The van der Waals surface area contributed by atoms with Gasteiger partial charge in [0.15, 0.2) is 0 Å². The Morgan fingerprint density at radius 1 is 1.22 bits per heavy atom. The molecule has 0 aliphatic carbocycles. The first-order valence-corrected chi connectivity index (χ1v) is 8.97. The zero-order chi connectivity index (χ0) is 19.2. The molecule has 27 heavy (non-hydrogen) atoms. The van der Waals surface area contributed by atoms with Gasteiger partial charge in [0.1, 0.15) is 5.75 Å². The van der Waals surface area contributed by atoms with Crippen molar-refractivity contribution in [1.29, 1.82) is 0 Å². The van der Waals surface area contributed by atoms with Gasteiger partial charge in [-0.15, -0.1) is 0 Å². The minimum absolute atomic E-state index is 0.0430.